The van der Waals surface area contributed by atoms with Gasteiger partial charge >= 0.3 is 0 Å². The lowest BCUT2D eigenvalue weighted by atomic mass is 10.3. The van der Waals surface area contributed by atoms with Gasteiger partial charge in [0.25, 0.3) is 0 Å². The van der Waals surface area contributed by atoms with Crippen molar-refractivity contribution >= 4 is 11.3 Å². The van der Waals surface area contributed by atoms with Crippen LogP contribution in [0.2, 0.25) is 0 Å². The second-order valence-corrected chi connectivity index (χ2v) is 4.62. The first-order chi connectivity index (χ1) is 7.95. The summed E-state index contributed by atoms with van der Waals surface area (Å²) >= 11 is 1.70. The largest absolute Gasteiger partial charge is 0.337 e. The second-order valence-electron chi connectivity index (χ2n) is 3.65. The molecular weight excluding hydrogens is 220 g/mol. The number of hydrogen-bond donors (Lipinski definition) is 1. The van der Waals surface area contributed by atoms with E-state index in [0.717, 1.165) is 19.6 Å². The van der Waals surface area contributed by atoms with Gasteiger partial charge in [0.15, 0.2) is 0 Å². The Hall–Kier alpha value is -1.20. The molecular formula is C11H16N4S. The summed E-state index contributed by atoms with van der Waals surface area (Å²) in [5, 5.41) is 3.41. The SMILES string of the molecule is c1cn(CCCCNCc2cncs2)cn1. The van der Waals surface area contributed by atoms with Crippen molar-refractivity contribution in [2.24, 2.45) is 0 Å². The number of unbranched alkanes of at least 4 members (excludes halogenated alkanes) is 1. The van der Waals surface area contributed by atoms with Gasteiger partial charge in [-0.2, -0.15) is 0 Å². The number of thiazole rings is 1. The van der Waals surface area contributed by atoms with Crippen molar-refractivity contribution < 1.29 is 0 Å². The first kappa shape index (κ1) is 11.3. The van der Waals surface area contributed by atoms with Crippen LogP contribution in [0.5, 0.6) is 0 Å². The summed E-state index contributed by atoms with van der Waals surface area (Å²) < 4.78 is 2.11. The maximum atomic E-state index is 4.04. The number of nitrogens with zero attached hydrogens (tertiary/aromatic N) is 3. The molecule has 2 heterocycles. The third-order valence-corrected chi connectivity index (χ3v) is 3.14. The quantitative estimate of drug-likeness (QED) is 0.747. The summed E-state index contributed by atoms with van der Waals surface area (Å²) in [6.45, 7) is 3.06. The highest BCUT2D eigenvalue weighted by Crippen LogP contribution is 2.04. The van der Waals surface area contributed by atoms with Crippen molar-refractivity contribution in [3.8, 4) is 0 Å². The molecule has 0 spiro atoms. The molecule has 86 valence electrons. The summed E-state index contributed by atoms with van der Waals surface area (Å²) in [6.07, 6.45) is 9.99. The predicted octanol–water partition coefficient (Wildman–Crippen LogP) is 1.91. The van der Waals surface area contributed by atoms with Gasteiger partial charge in [0.05, 0.1) is 11.8 Å². The van der Waals surface area contributed by atoms with E-state index >= 15 is 0 Å². The van der Waals surface area contributed by atoms with E-state index in [9.17, 15) is 0 Å². The van der Waals surface area contributed by atoms with Crippen LogP contribution in [0.25, 0.3) is 0 Å². The van der Waals surface area contributed by atoms with Crippen LogP contribution in [0, 0.1) is 0 Å². The Kier molecular flexibility index (Phi) is 4.51. The normalized spacial score (nSPS) is 10.8. The van der Waals surface area contributed by atoms with Gasteiger partial charge in [0, 0.05) is 36.6 Å². The molecule has 2 aromatic heterocycles. The number of aryl methyl sites for hydroxylation is 1. The van der Waals surface area contributed by atoms with E-state index < -0.39 is 0 Å². The molecule has 0 fully saturated rings. The van der Waals surface area contributed by atoms with Crippen molar-refractivity contribution in [1.29, 1.82) is 0 Å². The summed E-state index contributed by atoms with van der Waals surface area (Å²) in [6, 6.07) is 0. The number of nitrogens with one attached hydrogen (secondary N) is 1. The van der Waals surface area contributed by atoms with Gasteiger partial charge in [-0.3, -0.25) is 4.98 Å². The van der Waals surface area contributed by atoms with E-state index in [1.165, 1.54) is 17.7 Å². The Morgan fingerprint density at radius 3 is 3.06 bits per heavy atom. The number of imidazole rings is 1. The van der Waals surface area contributed by atoms with Crippen LogP contribution >= 0.6 is 11.3 Å². The van der Waals surface area contributed by atoms with Crippen LogP contribution in [0.1, 0.15) is 17.7 Å². The highest BCUT2D eigenvalue weighted by Gasteiger charge is 1.94. The minimum atomic E-state index is 0.940. The van der Waals surface area contributed by atoms with Crippen molar-refractivity contribution in [1.82, 2.24) is 19.9 Å². The fourth-order valence-electron chi connectivity index (χ4n) is 1.50. The van der Waals surface area contributed by atoms with E-state index in [1.54, 1.807) is 11.3 Å². The van der Waals surface area contributed by atoms with E-state index in [0.29, 0.717) is 0 Å². The second kappa shape index (κ2) is 6.40. The summed E-state index contributed by atoms with van der Waals surface area (Å²) in [5.74, 6) is 0. The summed E-state index contributed by atoms with van der Waals surface area (Å²) in [4.78, 5) is 9.35. The van der Waals surface area contributed by atoms with E-state index in [-0.39, 0.29) is 0 Å². The maximum Gasteiger partial charge on any atom is 0.0945 e. The smallest absolute Gasteiger partial charge is 0.0945 e. The zero-order chi connectivity index (χ0) is 11.1. The third kappa shape index (κ3) is 3.75. The molecule has 0 aliphatic rings. The van der Waals surface area contributed by atoms with Crippen molar-refractivity contribution in [2.75, 3.05) is 6.54 Å². The lowest BCUT2D eigenvalue weighted by Crippen LogP contribution is -2.14. The van der Waals surface area contributed by atoms with Crippen molar-refractivity contribution in [3.63, 3.8) is 0 Å². The minimum absolute atomic E-state index is 0.940. The Bertz CT molecular complexity index is 330. The van der Waals surface area contributed by atoms with Gasteiger partial charge in [0.1, 0.15) is 0 Å². The number of rotatable bonds is 7. The highest BCUT2D eigenvalue weighted by molar-refractivity contribution is 7.09. The van der Waals surface area contributed by atoms with E-state index in [1.807, 2.05) is 30.4 Å². The molecule has 0 saturated carbocycles. The van der Waals surface area contributed by atoms with Gasteiger partial charge in [-0.1, -0.05) is 0 Å². The molecule has 0 bridgehead atoms. The molecule has 0 aliphatic carbocycles. The topological polar surface area (TPSA) is 42.7 Å². The highest BCUT2D eigenvalue weighted by atomic mass is 32.1. The molecule has 0 unspecified atom stereocenters. The molecule has 0 radical (unpaired) electrons. The van der Waals surface area contributed by atoms with E-state index in [4.69, 9.17) is 0 Å². The van der Waals surface area contributed by atoms with Gasteiger partial charge in [-0.15, -0.1) is 11.3 Å². The molecule has 2 aromatic rings. The van der Waals surface area contributed by atoms with Crippen LogP contribution in [0.15, 0.2) is 30.4 Å². The molecule has 0 amide bonds. The molecule has 0 saturated heterocycles. The summed E-state index contributed by atoms with van der Waals surface area (Å²) in [7, 11) is 0. The first-order valence-electron chi connectivity index (χ1n) is 5.49. The average Bonchev–Trinajstić information content (AvgIpc) is 2.96. The minimum Gasteiger partial charge on any atom is -0.337 e. The first-order valence-corrected chi connectivity index (χ1v) is 6.37. The monoisotopic (exact) mass is 236 g/mol. The predicted molar refractivity (Wildman–Crippen MR) is 65.3 cm³/mol. The Balaban J connectivity index is 1.49. The number of hydrogen-bond acceptors (Lipinski definition) is 4. The van der Waals surface area contributed by atoms with Crippen molar-refractivity contribution in [3.05, 3.63) is 35.3 Å². The molecule has 2 rings (SSSR count). The molecule has 0 atom stereocenters. The standard InChI is InChI=1S/C11H16N4S/c1(2-5-15-6-4-13-9-15)3-12-7-11-8-14-10-16-11/h4,6,8-10,12H,1-3,5,7H2. The zero-order valence-electron chi connectivity index (χ0n) is 9.17. The van der Waals surface area contributed by atoms with Crippen molar-refractivity contribution in [2.45, 2.75) is 25.9 Å². The lowest BCUT2D eigenvalue weighted by Gasteiger charge is -2.03. The van der Waals surface area contributed by atoms with Gasteiger partial charge in [0.2, 0.25) is 0 Å². The van der Waals surface area contributed by atoms with Gasteiger partial charge < -0.3 is 9.88 Å². The van der Waals surface area contributed by atoms with Crippen LogP contribution in [0.4, 0.5) is 0 Å². The van der Waals surface area contributed by atoms with Crippen LogP contribution in [-0.4, -0.2) is 21.1 Å². The molecule has 4 nitrogen and oxygen atoms in total. The van der Waals surface area contributed by atoms with Gasteiger partial charge in [-0.05, 0) is 19.4 Å². The molecule has 0 aliphatic heterocycles. The van der Waals surface area contributed by atoms with Crippen LogP contribution in [-0.2, 0) is 13.1 Å². The molecule has 1 N–H and O–H groups in total. The molecule has 5 heteroatoms. The molecule has 0 aromatic carbocycles. The fraction of sp³-hybridized carbons (Fsp3) is 0.455. The Labute approximate surface area is 99.4 Å². The number of aromatic nitrogens is 3. The fourth-order valence-corrected chi connectivity index (χ4v) is 2.07. The van der Waals surface area contributed by atoms with Crippen LogP contribution in [0.3, 0.4) is 0 Å². The molecule has 16 heavy (non-hydrogen) atoms. The Morgan fingerprint density at radius 2 is 2.31 bits per heavy atom. The zero-order valence-corrected chi connectivity index (χ0v) is 9.99. The van der Waals surface area contributed by atoms with E-state index in [2.05, 4.69) is 19.9 Å². The average molecular weight is 236 g/mol. The third-order valence-electron chi connectivity index (χ3n) is 2.36. The lowest BCUT2D eigenvalue weighted by molar-refractivity contribution is 0.569. The van der Waals surface area contributed by atoms with Crippen LogP contribution < -0.4 is 5.32 Å². The maximum absolute atomic E-state index is 4.04. The Morgan fingerprint density at radius 1 is 1.31 bits per heavy atom. The summed E-state index contributed by atoms with van der Waals surface area (Å²) in [5.41, 5.74) is 1.87. The van der Waals surface area contributed by atoms with Gasteiger partial charge in [-0.25, -0.2) is 4.98 Å².